The van der Waals surface area contributed by atoms with Gasteiger partial charge in [0.25, 0.3) is 0 Å². The Labute approximate surface area is 118 Å². The zero-order valence-electron chi connectivity index (χ0n) is 11.1. The fourth-order valence-corrected chi connectivity index (χ4v) is 3.41. The van der Waals surface area contributed by atoms with Gasteiger partial charge in [-0.15, -0.1) is 11.6 Å². The summed E-state index contributed by atoms with van der Waals surface area (Å²) in [5.74, 6) is 3.13. The van der Waals surface area contributed by atoms with E-state index in [0.29, 0.717) is 11.8 Å². The summed E-state index contributed by atoms with van der Waals surface area (Å²) in [6.45, 7) is 3.05. The molecule has 5 heteroatoms. The first-order valence-corrected chi connectivity index (χ1v) is 7.41. The number of rotatable bonds is 4. The number of nitrogens with one attached hydrogen (secondary N) is 1. The Morgan fingerprint density at radius 2 is 2.21 bits per heavy atom. The predicted octanol–water partition coefficient (Wildman–Crippen LogP) is 3.10. The van der Waals surface area contributed by atoms with E-state index in [1.807, 2.05) is 10.6 Å². The number of fused-ring (bicyclic) bond motifs is 1. The summed E-state index contributed by atoms with van der Waals surface area (Å²) >= 11 is 6.03. The van der Waals surface area contributed by atoms with Crippen molar-refractivity contribution in [3.63, 3.8) is 0 Å². The molecule has 2 heterocycles. The molecule has 0 saturated heterocycles. The molecular formula is C14H19ClN4. The van der Waals surface area contributed by atoms with Crippen molar-refractivity contribution in [1.82, 2.24) is 14.6 Å². The number of hydrogen-bond donors (Lipinski definition) is 1. The number of anilines is 1. The molecule has 0 spiro atoms. The van der Waals surface area contributed by atoms with Gasteiger partial charge in [-0.25, -0.2) is 4.98 Å². The summed E-state index contributed by atoms with van der Waals surface area (Å²) in [5.41, 5.74) is 2.09. The highest BCUT2D eigenvalue weighted by atomic mass is 35.5. The van der Waals surface area contributed by atoms with Crippen molar-refractivity contribution in [3.05, 3.63) is 24.0 Å². The minimum absolute atomic E-state index is 0.658. The van der Waals surface area contributed by atoms with E-state index >= 15 is 0 Å². The summed E-state index contributed by atoms with van der Waals surface area (Å²) < 4.78 is 1.86. The molecule has 3 rings (SSSR count). The lowest BCUT2D eigenvalue weighted by Crippen LogP contribution is -2.20. The van der Waals surface area contributed by atoms with Gasteiger partial charge in [-0.1, -0.05) is 6.42 Å². The van der Waals surface area contributed by atoms with Gasteiger partial charge in [0.1, 0.15) is 12.1 Å². The maximum Gasteiger partial charge on any atom is 0.157 e. The lowest BCUT2D eigenvalue weighted by Gasteiger charge is -2.18. The standard InChI is InChI=1S/C14H19ClN4/c1-10-5-13(19-14(6-10)17-9-18-19)16-8-12-4-2-3-11(12)7-15/h5-6,9,11-12,16H,2-4,7-8H2,1H3. The highest BCUT2D eigenvalue weighted by Gasteiger charge is 2.26. The van der Waals surface area contributed by atoms with E-state index in [1.54, 1.807) is 6.33 Å². The second-order valence-corrected chi connectivity index (χ2v) is 5.74. The van der Waals surface area contributed by atoms with E-state index in [9.17, 15) is 0 Å². The van der Waals surface area contributed by atoms with Gasteiger partial charge in [0, 0.05) is 12.4 Å². The van der Waals surface area contributed by atoms with Crippen molar-refractivity contribution in [1.29, 1.82) is 0 Å². The van der Waals surface area contributed by atoms with E-state index in [1.165, 1.54) is 24.8 Å². The van der Waals surface area contributed by atoms with Crippen LogP contribution in [0.2, 0.25) is 0 Å². The van der Waals surface area contributed by atoms with Gasteiger partial charge in [-0.05, 0) is 49.3 Å². The second-order valence-electron chi connectivity index (χ2n) is 5.43. The molecule has 4 nitrogen and oxygen atoms in total. The molecule has 0 radical (unpaired) electrons. The normalized spacial score (nSPS) is 23.1. The molecule has 2 unspecified atom stereocenters. The Kier molecular flexibility index (Phi) is 3.60. The molecule has 0 amide bonds. The topological polar surface area (TPSA) is 42.2 Å². The third-order valence-corrected chi connectivity index (χ3v) is 4.48. The van der Waals surface area contributed by atoms with Crippen molar-refractivity contribution in [2.45, 2.75) is 26.2 Å². The summed E-state index contributed by atoms with van der Waals surface area (Å²) in [7, 11) is 0. The lowest BCUT2D eigenvalue weighted by atomic mass is 9.98. The monoisotopic (exact) mass is 278 g/mol. The maximum atomic E-state index is 6.03. The summed E-state index contributed by atoms with van der Waals surface area (Å²) in [4.78, 5) is 4.24. The zero-order chi connectivity index (χ0) is 13.2. The van der Waals surface area contributed by atoms with Crippen molar-refractivity contribution < 1.29 is 0 Å². The zero-order valence-corrected chi connectivity index (χ0v) is 11.9. The molecule has 0 bridgehead atoms. The highest BCUT2D eigenvalue weighted by molar-refractivity contribution is 6.18. The quantitative estimate of drug-likeness (QED) is 0.874. The van der Waals surface area contributed by atoms with Crippen molar-refractivity contribution in [3.8, 4) is 0 Å². The molecule has 0 aromatic carbocycles. The SMILES string of the molecule is Cc1cc(NCC2CCCC2CCl)n2ncnc2c1. The van der Waals surface area contributed by atoms with Crippen LogP contribution in [-0.4, -0.2) is 27.0 Å². The molecule has 1 fully saturated rings. The number of alkyl halides is 1. The van der Waals surface area contributed by atoms with Gasteiger partial charge in [0.05, 0.1) is 0 Å². The van der Waals surface area contributed by atoms with Crippen molar-refractivity contribution in [2.75, 3.05) is 17.7 Å². The lowest BCUT2D eigenvalue weighted by molar-refractivity contribution is 0.443. The van der Waals surface area contributed by atoms with E-state index in [2.05, 4.69) is 28.4 Å². The Balaban J connectivity index is 1.76. The summed E-state index contributed by atoms with van der Waals surface area (Å²) in [6.07, 6.45) is 5.44. The molecule has 1 saturated carbocycles. The molecule has 2 atom stereocenters. The van der Waals surface area contributed by atoms with Gasteiger partial charge < -0.3 is 5.32 Å². The minimum atomic E-state index is 0.658. The Hall–Kier alpha value is -1.29. The molecule has 2 aromatic heterocycles. The van der Waals surface area contributed by atoms with Gasteiger partial charge in [-0.3, -0.25) is 0 Å². The van der Waals surface area contributed by atoms with Gasteiger partial charge in [-0.2, -0.15) is 9.61 Å². The Morgan fingerprint density at radius 3 is 3.05 bits per heavy atom. The fraction of sp³-hybridized carbons (Fsp3) is 0.571. The number of pyridine rings is 1. The van der Waals surface area contributed by atoms with Crippen LogP contribution in [0, 0.1) is 18.8 Å². The van der Waals surface area contributed by atoms with Crippen LogP contribution in [0.15, 0.2) is 18.5 Å². The number of nitrogens with zero attached hydrogens (tertiary/aromatic N) is 3. The van der Waals surface area contributed by atoms with Crippen molar-refractivity contribution in [2.24, 2.45) is 11.8 Å². The van der Waals surface area contributed by atoms with Crippen LogP contribution in [0.4, 0.5) is 5.82 Å². The van der Waals surface area contributed by atoms with E-state index in [0.717, 1.165) is 23.9 Å². The van der Waals surface area contributed by atoms with Crippen LogP contribution in [0.25, 0.3) is 5.65 Å². The minimum Gasteiger partial charge on any atom is -0.370 e. The average Bonchev–Trinajstić information content (AvgIpc) is 3.03. The number of aryl methyl sites for hydroxylation is 1. The second kappa shape index (κ2) is 5.37. The number of aromatic nitrogens is 3. The Bertz CT molecular complexity index is 566. The highest BCUT2D eigenvalue weighted by Crippen LogP contribution is 2.32. The first-order valence-electron chi connectivity index (χ1n) is 6.88. The predicted molar refractivity (Wildman–Crippen MR) is 77.8 cm³/mol. The summed E-state index contributed by atoms with van der Waals surface area (Å²) in [6, 6.07) is 4.15. The van der Waals surface area contributed by atoms with Gasteiger partial charge in [0.15, 0.2) is 5.65 Å². The molecule has 2 aromatic rings. The van der Waals surface area contributed by atoms with Crippen LogP contribution in [0.1, 0.15) is 24.8 Å². The van der Waals surface area contributed by atoms with Crippen molar-refractivity contribution >= 4 is 23.1 Å². The average molecular weight is 279 g/mol. The van der Waals surface area contributed by atoms with Crippen LogP contribution in [0.5, 0.6) is 0 Å². The van der Waals surface area contributed by atoms with E-state index in [-0.39, 0.29) is 0 Å². The van der Waals surface area contributed by atoms with Gasteiger partial charge in [0.2, 0.25) is 0 Å². The third-order valence-electron chi connectivity index (χ3n) is 4.08. The number of halogens is 1. The van der Waals surface area contributed by atoms with Gasteiger partial charge >= 0.3 is 0 Å². The first kappa shape index (κ1) is 12.7. The molecule has 19 heavy (non-hydrogen) atoms. The molecular weight excluding hydrogens is 260 g/mol. The molecule has 1 N–H and O–H groups in total. The van der Waals surface area contributed by atoms with Crippen LogP contribution in [0.3, 0.4) is 0 Å². The van der Waals surface area contributed by atoms with Crippen LogP contribution < -0.4 is 5.32 Å². The molecule has 1 aliphatic rings. The molecule has 1 aliphatic carbocycles. The Morgan fingerprint density at radius 1 is 1.37 bits per heavy atom. The molecule has 102 valence electrons. The third kappa shape index (κ3) is 2.54. The number of hydrogen-bond acceptors (Lipinski definition) is 3. The first-order chi connectivity index (χ1) is 9.28. The molecule has 0 aliphatic heterocycles. The summed E-state index contributed by atoms with van der Waals surface area (Å²) in [5, 5.41) is 7.78. The van der Waals surface area contributed by atoms with E-state index < -0.39 is 0 Å². The van der Waals surface area contributed by atoms with Crippen LogP contribution >= 0.6 is 11.6 Å². The largest absolute Gasteiger partial charge is 0.370 e. The van der Waals surface area contributed by atoms with E-state index in [4.69, 9.17) is 11.6 Å². The van der Waals surface area contributed by atoms with Crippen LogP contribution in [-0.2, 0) is 0 Å². The smallest absolute Gasteiger partial charge is 0.157 e. The fourth-order valence-electron chi connectivity index (χ4n) is 3.00. The maximum absolute atomic E-state index is 6.03.